The van der Waals surface area contributed by atoms with E-state index in [-0.39, 0.29) is 6.54 Å². The van der Waals surface area contributed by atoms with E-state index in [1.807, 2.05) is 0 Å². The Hall–Kier alpha value is -2.11. The minimum atomic E-state index is -0.517. The third kappa shape index (κ3) is 2.13. The maximum Gasteiger partial charge on any atom is 0.314 e. The van der Waals surface area contributed by atoms with Crippen molar-refractivity contribution < 1.29 is 19.2 Å². The molecular formula is C12H13NO5. The zero-order valence-corrected chi connectivity index (χ0v) is 10.1. The van der Waals surface area contributed by atoms with Crippen molar-refractivity contribution in [2.24, 2.45) is 5.92 Å². The Morgan fingerprint density at radius 1 is 1.50 bits per heavy atom. The molecule has 0 aromatic heterocycles. The summed E-state index contributed by atoms with van der Waals surface area (Å²) in [5, 5.41) is 10.7. The molecule has 0 saturated carbocycles. The molecule has 2 atom stereocenters. The molecule has 2 unspecified atom stereocenters. The van der Waals surface area contributed by atoms with Gasteiger partial charge in [-0.05, 0) is 6.07 Å². The standard InChI is InChI=1S/C12H13NO5/c1-7-10(6-13(15)16)9-4-3-8(17-2)5-11(9)18-12(7)14/h3-5,7,10H,6H2,1-2H3. The molecule has 18 heavy (non-hydrogen) atoms. The van der Waals surface area contributed by atoms with Crippen LogP contribution in [0.3, 0.4) is 0 Å². The highest BCUT2D eigenvalue weighted by Gasteiger charge is 2.37. The van der Waals surface area contributed by atoms with E-state index in [0.717, 1.165) is 0 Å². The molecule has 96 valence electrons. The molecule has 1 aromatic carbocycles. The van der Waals surface area contributed by atoms with Gasteiger partial charge in [-0.15, -0.1) is 0 Å². The van der Waals surface area contributed by atoms with E-state index in [1.54, 1.807) is 25.1 Å². The lowest BCUT2D eigenvalue weighted by atomic mass is 9.84. The van der Waals surface area contributed by atoms with Gasteiger partial charge in [0.1, 0.15) is 11.5 Å². The summed E-state index contributed by atoms with van der Waals surface area (Å²) in [6.07, 6.45) is 0. The van der Waals surface area contributed by atoms with E-state index in [4.69, 9.17) is 9.47 Å². The Kier molecular flexibility index (Phi) is 3.18. The van der Waals surface area contributed by atoms with Crippen LogP contribution in [0.2, 0.25) is 0 Å². The predicted molar refractivity (Wildman–Crippen MR) is 62.4 cm³/mol. The van der Waals surface area contributed by atoms with E-state index in [2.05, 4.69) is 0 Å². The van der Waals surface area contributed by atoms with Crippen LogP contribution in [0.5, 0.6) is 11.5 Å². The number of fused-ring (bicyclic) bond motifs is 1. The quantitative estimate of drug-likeness (QED) is 0.353. The Balaban J connectivity index is 2.43. The SMILES string of the molecule is COc1ccc2c(c1)OC(=O)C(C)C2C[N+](=O)[O-]. The average Bonchev–Trinajstić information content (AvgIpc) is 2.33. The van der Waals surface area contributed by atoms with Crippen molar-refractivity contribution in [1.82, 2.24) is 0 Å². The topological polar surface area (TPSA) is 78.7 Å². The van der Waals surface area contributed by atoms with Gasteiger partial charge < -0.3 is 9.47 Å². The van der Waals surface area contributed by atoms with Crippen LogP contribution in [0.1, 0.15) is 18.4 Å². The zero-order chi connectivity index (χ0) is 13.3. The molecule has 0 amide bonds. The summed E-state index contributed by atoms with van der Waals surface area (Å²) in [7, 11) is 1.50. The summed E-state index contributed by atoms with van der Waals surface area (Å²) in [5.41, 5.74) is 0.680. The fourth-order valence-corrected chi connectivity index (χ4v) is 2.09. The number of nitro groups is 1. The Morgan fingerprint density at radius 3 is 2.83 bits per heavy atom. The monoisotopic (exact) mass is 251 g/mol. The number of hydrogen-bond acceptors (Lipinski definition) is 5. The fraction of sp³-hybridized carbons (Fsp3) is 0.417. The molecule has 0 bridgehead atoms. The molecule has 0 N–H and O–H groups in total. The number of ether oxygens (including phenoxy) is 2. The molecule has 6 heteroatoms. The van der Waals surface area contributed by atoms with Crippen LogP contribution in [-0.4, -0.2) is 24.5 Å². The summed E-state index contributed by atoms with van der Waals surface area (Å²) < 4.78 is 10.2. The number of methoxy groups -OCH3 is 1. The second-order valence-corrected chi connectivity index (χ2v) is 4.24. The van der Waals surface area contributed by atoms with E-state index in [0.29, 0.717) is 17.1 Å². The average molecular weight is 251 g/mol. The number of carbonyl (C=O) groups is 1. The largest absolute Gasteiger partial charge is 0.497 e. The molecule has 0 saturated heterocycles. The molecule has 0 radical (unpaired) electrons. The van der Waals surface area contributed by atoms with Gasteiger partial charge in [0, 0.05) is 16.6 Å². The van der Waals surface area contributed by atoms with Crippen molar-refractivity contribution in [3.05, 3.63) is 33.9 Å². The lowest BCUT2D eigenvalue weighted by molar-refractivity contribution is -0.484. The highest BCUT2D eigenvalue weighted by Crippen LogP contribution is 2.39. The van der Waals surface area contributed by atoms with Crippen LogP contribution in [-0.2, 0) is 4.79 Å². The third-order valence-corrected chi connectivity index (χ3v) is 3.15. The first kappa shape index (κ1) is 12.3. The van der Waals surface area contributed by atoms with Crippen molar-refractivity contribution in [2.45, 2.75) is 12.8 Å². The number of hydrogen-bond donors (Lipinski definition) is 0. The number of esters is 1. The maximum atomic E-state index is 11.7. The molecule has 1 aliphatic heterocycles. The lowest BCUT2D eigenvalue weighted by Crippen LogP contribution is -2.33. The van der Waals surface area contributed by atoms with E-state index < -0.39 is 22.7 Å². The lowest BCUT2D eigenvalue weighted by Gasteiger charge is -2.27. The normalized spacial score (nSPS) is 22.0. The fourth-order valence-electron chi connectivity index (χ4n) is 2.09. The molecular weight excluding hydrogens is 238 g/mol. The molecule has 1 aromatic rings. The molecule has 1 aliphatic rings. The second kappa shape index (κ2) is 4.64. The highest BCUT2D eigenvalue weighted by molar-refractivity contribution is 5.79. The Morgan fingerprint density at radius 2 is 2.22 bits per heavy atom. The third-order valence-electron chi connectivity index (χ3n) is 3.15. The van der Waals surface area contributed by atoms with Gasteiger partial charge in [-0.25, -0.2) is 0 Å². The van der Waals surface area contributed by atoms with Gasteiger partial charge in [0.05, 0.1) is 18.9 Å². The molecule has 1 heterocycles. The molecule has 0 fully saturated rings. The predicted octanol–water partition coefficient (Wildman–Crippen LogP) is 1.61. The molecule has 6 nitrogen and oxygen atoms in total. The van der Waals surface area contributed by atoms with Crippen LogP contribution in [0.15, 0.2) is 18.2 Å². The Labute approximate surface area is 104 Å². The minimum absolute atomic E-state index is 0.282. The van der Waals surface area contributed by atoms with Crippen LogP contribution >= 0.6 is 0 Å². The summed E-state index contributed by atoms with van der Waals surface area (Å²) in [4.78, 5) is 21.9. The van der Waals surface area contributed by atoms with E-state index >= 15 is 0 Å². The van der Waals surface area contributed by atoms with Gasteiger partial charge in [0.25, 0.3) is 0 Å². The summed E-state index contributed by atoms with van der Waals surface area (Å²) >= 11 is 0. The van der Waals surface area contributed by atoms with Crippen molar-refractivity contribution >= 4 is 5.97 Å². The smallest absolute Gasteiger partial charge is 0.314 e. The molecule has 2 rings (SSSR count). The minimum Gasteiger partial charge on any atom is -0.497 e. The number of carbonyl (C=O) groups excluding carboxylic acids is 1. The van der Waals surface area contributed by atoms with E-state index in [1.165, 1.54) is 7.11 Å². The van der Waals surface area contributed by atoms with Gasteiger partial charge in [-0.1, -0.05) is 13.0 Å². The number of benzene rings is 1. The van der Waals surface area contributed by atoms with E-state index in [9.17, 15) is 14.9 Å². The van der Waals surface area contributed by atoms with Crippen molar-refractivity contribution in [3.8, 4) is 11.5 Å². The molecule has 0 spiro atoms. The number of rotatable bonds is 3. The van der Waals surface area contributed by atoms with Gasteiger partial charge in [0.15, 0.2) is 0 Å². The second-order valence-electron chi connectivity index (χ2n) is 4.24. The van der Waals surface area contributed by atoms with Crippen LogP contribution < -0.4 is 9.47 Å². The maximum absolute atomic E-state index is 11.7. The van der Waals surface area contributed by atoms with Crippen LogP contribution in [0.25, 0.3) is 0 Å². The molecule has 0 aliphatic carbocycles. The summed E-state index contributed by atoms with van der Waals surface area (Å²) in [5.74, 6) is -0.513. The van der Waals surface area contributed by atoms with Crippen LogP contribution in [0, 0.1) is 16.0 Å². The van der Waals surface area contributed by atoms with Crippen LogP contribution in [0.4, 0.5) is 0 Å². The number of nitrogens with zero attached hydrogens (tertiary/aromatic N) is 1. The highest BCUT2D eigenvalue weighted by atomic mass is 16.6. The van der Waals surface area contributed by atoms with Crippen molar-refractivity contribution in [3.63, 3.8) is 0 Å². The van der Waals surface area contributed by atoms with Gasteiger partial charge in [0.2, 0.25) is 6.54 Å². The Bertz CT molecular complexity index is 499. The first-order valence-electron chi connectivity index (χ1n) is 5.54. The summed E-state index contributed by atoms with van der Waals surface area (Å²) in [6, 6.07) is 5.00. The zero-order valence-electron chi connectivity index (χ0n) is 10.1. The van der Waals surface area contributed by atoms with Gasteiger partial charge in [-0.2, -0.15) is 0 Å². The van der Waals surface area contributed by atoms with Crippen molar-refractivity contribution in [2.75, 3.05) is 13.7 Å². The first-order chi connectivity index (χ1) is 8.52. The summed E-state index contributed by atoms with van der Waals surface area (Å²) in [6.45, 7) is 1.36. The first-order valence-corrected chi connectivity index (χ1v) is 5.54. The van der Waals surface area contributed by atoms with Gasteiger partial charge in [-0.3, -0.25) is 14.9 Å². The van der Waals surface area contributed by atoms with Gasteiger partial charge >= 0.3 is 5.97 Å². The van der Waals surface area contributed by atoms with Crippen molar-refractivity contribution in [1.29, 1.82) is 0 Å².